The van der Waals surface area contributed by atoms with E-state index in [1.807, 2.05) is 56.0 Å². The van der Waals surface area contributed by atoms with Gasteiger partial charge in [-0.25, -0.2) is 14.6 Å². The SMILES string of the molecule is COc1ccc(CN(C(=O)OC(C)(C)C)c2ccc3c(n2)CN(C2CCCCC2)C(=O)N3c2ccc(Cl)cc2)c(OC)c1. The van der Waals surface area contributed by atoms with E-state index in [0.717, 1.165) is 31.2 Å². The van der Waals surface area contributed by atoms with Crippen LogP contribution < -0.4 is 19.3 Å². The van der Waals surface area contributed by atoms with E-state index in [1.54, 1.807) is 43.4 Å². The fourth-order valence-corrected chi connectivity index (χ4v) is 5.77. The first kappa shape index (κ1) is 30.5. The number of aromatic nitrogens is 1. The van der Waals surface area contributed by atoms with Crippen LogP contribution in [-0.4, -0.2) is 47.9 Å². The molecule has 228 valence electrons. The van der Waals surface area contributed by atoms with Gasteiger partial charge >= 0.3 is 12.1 Å². The van der Waals surface area contributed by atoms with Crippen molar-refractivity contribution < 1.29 is 23.8 Å². The van der Waals surface area contributed by atoms with Crippen molar-refractivity contribution in [1.82, 2.24) is 9.88 Å². The summed E-state index contributed by atoms with van der Waals surface area (Å²) in [5.41, 5.74) is 2.12. The zero-order valence-corrected chi connectivity index (χ0v) is 26.2. The fourth-order valence-electron chi connectivity index (χ4n) is 5.64. The lowest BCUT2D eigenvalue weighted by molar-refractivity contribution is 0.0576. The van der Waals surface area contributed by atoms with Crippen LogP contribution in [0.3, 0.4) is 0 Å². The number of fused-ring (bicyclic) bond motifs is 1. The number of ether oxygens (including phenoxy) is 3. The minimum Gasteiger partial charge on any atom is -0.497 e. The fraction of sp³-hybridized carbons (Fsp3) is 0.424. The minimum atomic E-state index is -0.719. The third-order valence-corrected chi connectivity index (χ3v) is 8.00. The molecule has 43 heavy (non-hydrogen) atoms. The van der Waals surface area contributed by atoms with Gasteiger partial charge in [0.05, 0.1) is 44.4 Å². The lowest BCUT2D eigenvalue weighted by Gasteiger charge is -2.42. The molecule has 5 rings (SSSR count). The van der Waals surface area contributed by atoms with Gasteiger partial charge in [0.2, 0.25) is 0 Å². The van der Waals surface area contributed by atoms with Crippen molar-refractivity contribution in [2.75, 3.05) is 24.0 Å². The van der Waals surface area contributed by atoms with Crippen LogP contribution >= 0.6 is 11.6 Å². The van der Waals surface area contributed by atoms with Crippen LogP contribution in [0.25, 0.3) is 0 Å². The number of benzene rings is 2. The van der Waals surface area contributed by atoms with Crippen molar-refractivity contribution in [2.24, 2.45) is 0 Å². The van der Waals surface area contributed by atoms with E-state index in [1.165, 1.54) is 11.3 Å². The molecule has 2 aromatic carbocycles. The molecule has 1 aromatic heterocycles. The number of amides is 3. The summed E-state index contributed by atoms with van der Waals surface area (Å²) in [6.45, 7) is 5.99. The number of hydrogen-bond donors (Lipinski definition) is 0. The van der Waals surface area contributed by atoms with E-state index < -0.39 is 11.7 Å². The number of halogens is 1. The molecule has 10 heteroatoms. The van der Waals surface area contributed by atoms with Crippen molar-refractivity contribution in [3.05, 3.63) is 70.9 Å². The molecule has 2 heterocycles. The van der Waals surface area contributed by atoms with Crippen LogP contribution in [0.1, 0.15) is 64.1 Å². The number of carbonyl (C=O) groups excluding carboxylic acids is 2. The molecule has 1 saturated carbocycles. The third kappa shape index (κ3) is 6.82. The summed E-state index contributed by atoms with van der Waals surface area (Å²) in [5.74, 6) is 1.64. The number of anilines is 3. The Morgan fingerprint density at radius 2 is 1.72 bits per heavy atom. The summed E-state index contributed by atoms with van der Waals surface area (Å²) < 4.78 is 16.8. The molecular formula is C33H39ClN4O5. The predicted molar refractivity (Wildman–Crippen MR) is 168 cm³/mol. The third-order valence-electron chi connectivity index (χ3n) is 7.75. The highest BCUT2D eigenvalue weighted by atomic mass is 35.5. The lowest BCUT2D eigenvalue weighted by atomic mass is 9.93. The van der Waals surface area contributed by atoms with Gasteiger partial charge in [0.25, 0.3) is 0 Å². The molecule has 1 fully saturated rings. The number of rotatable bonds is 7. The molecule has 0 spiro atoms. The first-order chi connectivity index (χ1) is 20.6. The molecule has 3 amide bonds. The molecule has 9 nitrogen and oxygen atoms in total. The smallest absolute Gasteiger partial charge is 0.416 e. The Morgan fingerprint density at radius 3 is 2.37 bits per heavy atom. The van der Waals surface area contributed by atoms with Crippen molar-refractivity contribution in [2.45, 2.75) is 77.6 Å². The Kier molecular flexibility index (Phi) is 9.01. The second-order valence-corrected chi connectivity index (χ2v) is 12.3. The molecule has 0 saturated heterocycles. The van der Waals surface area contributed by atoms with Gasteiger partial charge in [0.15, 0.2) is 0 Å². The molecule has 1 aliphatic heterocycles. The van der Waals surface area contributed by atoms with E-state index in [2.05, 4.69) is 0 Å². The van der Waals surface area contributed by atoms with Crippen LogP contribution in [0, 0.1) is 0 Å². The van der Waals surface area contributed by atoms with Gasteiger partial charge in [-0.1, -0.05) is 30.9 Å². The zero-order chi connectivity index (χ0) is 30.7. The van der Waals surface area contributed by atoms with Gasteiger partial charge < -0.3 is 19.1 Å². The summed E-state index contributed by atoms with van der Waals surface area (Å²) in [5, 5.41) is 0.591. The topological polar surface area (TPSA) is 84.4 Å². The normalized spacial score (nSPS) is 15.6. The van der Waals surface area contributed by atoms with Crippen LogP contribution in [0.15, 0.2) is 54.6 Å². The Morgan fingerprint density at radius 1 is 1.00 bits per heavy atom. The Balaban J connectivity index is 1.57. The monoisotopic (exact) mass is 606 g/mol. The number of nitrogens with zero attached hydrogens (tertiary/aromatic N) is 4. The molecule has 0 atom stereocenters. The maximum atomic E-state index is 14.0. The van der Waals surface area contributed by atoms with Crippen molar-refractivity contribution in [3.8, 4) is 11.5 Å². The molecule has 1 aliphatic carbocycles. The minimum absolute atomic E-state index is 0.0803. The molecule has 0 bridgehead atoms. The van der Waals surface area contributed by atoms with Gasteiger partial charge in [0.1, 0.15) is 22.9 Å². The van der Waals surface area contributed by atoms with E-state index in [0.29, 0.717) is 46.0 Å². The number of carbonyl (C=O) groups is 2. The molecule has 2 aliphatic rings. The van der Waals surface area contributed by atoms with Crippen molar-refractivity contribution in [1.29, 1.82) is 0 Å². The summed E-state index contributed by atoms with van der Waals surface area (Å²) in [7, 11) is 3.17. The standard InChI is InChI=1S/C33H39ClN4O5/c1-33(2,3)43-32(40)37(20-22-11-16-26(41-4)19-29(22)42-5)30-18-17-28-27(35-30)21-36(24-9-7-6-8-10-24)31(39)38(28)25-14-12-23(34)13-15-25/h11-19,24H,6-10,20-21H2,1-5H3. The number of hydrogen-bond acceptors (Lipinski definition) is 6. The maximum Gasteiger partial charge on any atom is 0.416 e. The van der Waals surface area contributed by atoms with E-state index in [9.17, 15) is 9.59 Å². The van der Waals surface area contributed by atoms with E-state index in [-0.39, 0.29) is 18.6 Å². The molecular weight excluding hydrogens is 568 g/mol. The highest BCUT2D eigenvalue weighted by molar-refractivity contribution is 6.30. The predicted octanol–water partition coefficient (Wildman–Crippen LogP) is 8.10. The quantitative estimate of drug-likeness (QED) is 0.270. The summed E-state index contributed by atoms with van der Waals surface area (Å²) in [6, 6.07) is 16.3. The van der Waals surface area contributed by atoms with Gasteiger partial charge in [0, 0.05) is 22.7 Å². The average molecular weight is 607 g/mol. The van der Waals surface area contributed by atoms with E-state index >= 15 is 0 Å². The highest BCUT2D eigenvalue weighted by Crippen LogP contribution is 2.39. The highest BCUT2D eigenvalue weighted by Gasteiger charge is 2.37. The van der Waals surface area contributed by atoms with Crippen LogP contribution in [0.2, 0.25) is 5.02 Å². The number of methoxy groups -OCH3 is 2. The Labute approximate surface area is 258 Å². The first-order valence-corrected chi connectivity index (χ1v) is 15.0. The maximum absolute atomic E-state index is 14.0. The van der Waals surface area contributed by atoms with Gasteiger partial charge in [-0.15, -0.1) is 0 Å². The van der Waals surface area contributed by atoms with Crippen LogP contribution in [0.4, 0.5) is 26.8 Å². The number of pyridine rings is 1. The van der Waals surface area contributed by atoms with E-state index in [4.69, 9.17) is 30.8 Å². The second-order valence-electron chi connectivity index (χ2n) is 11.9. The molecule has 0 unspecified atom stereocenters. The van der Waals surface area contributed by atoms with Crippen LogP contribution in [0.5, 0.6) is 11.5 Å². The molecule has 3 aromatic rings. The molecule has 0 N–H and O–H groups in total. The lowest BCUT2D eigenvalue weighted by Crippen LogP contribution is -2.50. The largest absolute Gasteiger partial charge is 0.497 e. The van der Waals surface area contributed by atoms with Crippen molar-refractivity contribution >= 4 is 40.9 Å². The summed E-state index contributed by atoms with van der Waals surface area (Å²) in [6.07, 6.45) is 4.73. The average Bonchev–Trinajstić information content (AvgIpc) is 2.99. The number of urea groups is 1. The van der Waals surface area contributed by atoms with Crippen LogP contribution in [-0.2, 0) is 17.8 Å². The summed E-state index contributed by atoms with van der Waals surface area (Å²) in [4.78, 5) is 37.8. The van der Waals surface area contributed by atoms with Crippen molar-refractivity contribution in [3.63, 3.8) is 0 Å². The Bertz CT molecular complexity index is 1470. The summed E-state index contributed by atoms with van der Waals surface area (Å²) >= 11 is 6.18. The second kappa shape index (κ2) is 12.7. The zero-order valence-electron chi connectivity index (χ0n) is 25.4. The Hall–Kier alpha value is -3.98. The van der Waals surface area contributed by atoms with Gasteiger partial charge in [-0.05, 0) is 82.1 Å². The molecule has 0 radical (unpaired) electrons. The van der Waals surface area contributed by atoms with Gasteiger partial charge in [-0.2, -0.15) is 0 Å². The first-order valence-electron chi connectivity index (χ1n) is 14.7. The van der Waals surface area contributed by atoms with Gasteiger partial charge in [-0.3, -0.25) is 9.80 Å².